The Labute approximate surface area is 109 Å². The monoisotopic (exact) mass is 246 g/mol. The number of nitrogens with one attached hydrogen (secondary N) is 1. The van der Waals surface area contributed by atoms with Crippen molar-refractivity contribution in [2.45, 2.75) is 25.4 Å². The second-order valence-corrected chi connectivity index (χ2v) is 5.42. The lowest BCUT2D eigenvalue weighted by molar-refractivity contribution is 0.202. The van der Waals surface area contributed by atoms with Gasteiger partial charge in [0, 0.05) is 31.2 Å². The predicted molar refractivity (Wildman–Crippen MR) is 72.8 cm³/mol. The molecular formula is C15H22N2O. The largest absolute Gasteiger partial charge is 0.492 e. The number of hydrogen-bond acceptors (Lipinski definition) is 3. The summed E-state index contributed by atoms with van der Waals surface area (Å²) in [5, 5.41) is 3.47. The summed E-state index contributed by atoms with van der Waals surface area (Å²) < 4.78 is 5.81. The third-order valence-corrected chi connectivity index (χ3v) is 4.05. The minimum atomic E-state index is 0.648. The molecule has 1 saturated carbocycles. The molecule has 3 rings (SSSR count). The molecule has 0 radical (unpaired) electrons. The maximum atomic E-state index is 5.81. The van der Waals surface area contributed by atoms with Gasteiger partial charge < -0.3 is 10.1 Å². The van der Waals surface area contributed by atoms with E-state index < -0.39 is 0 Å². The summed E-state index contributed by atoms with van der Waals surface area (Å²) in [6.45, 7) is 3.98. The molecule has 1 aromatic rings. The van der Waals surface area contributed by atoms with Gasteiger partial charge in [-0.25, -0.2) is 0 Å². The molecule has 1 heterocycles. The van der Waals surface area contributed by atoms with Crippen LogP contribution in [0.25, 0.3) is 0 Å². The molecule has 3 nitrogen and oxygen atoms in total. The molecule has 1 aliphatic carbocycles. The van der Waals surface area contributed by atoms with Crippen molar-refractivity contribution in [3.8, 4) is 5.75 Å². The molecule has 2 aliphatic rings. The fourth-order valence-corrected chi connectivity index (χ4v) is 2.79. The first-order chi connectivity index (χ1) is 8.86. The maximum Gasteiger partial charge on any atom is 0.123 e. The van der Waals surface area contributed by atoms with E-state index in [2.05, 4.69) is 41.5 Å². The second-order valence-electron chi connectivity index (χ2n) is 5.42. The van der Waals surface area contributed by atoms with Crippen LogP contribution in [0.15, 0.2) is 24.3 Å². The van der Waals surface area contributed by atoms with Crippen LogP contribution >= 0.6 is 0 Å². The van der Waals surface area contributed by atoms with Crippen LogP contribution in [-0.4, -0.2) is 37.7 Å². The van der Waals surface area contributed by atoms with E-state index in [9.17, 15) is 0 Å². The Kier molecular flexibility index (Phi) is 3.52. The fraction of sp³-hybridized carbons (Fsp3) is 0.600. The van der Waals surface area contributed by atoms with Crippen LogP contribution in [0.5, 0.6) is 5.75 Å². The third kappa shape index (κ3) is 2.68. The Hall–Kier alpha value is -1.06. The lowest BCUT2D eigenvalue weighted by Crippen LogP contribution is -2.41. The van der Waals surface area contributed by atoms with E-state index in [1.54, 1.807) is 0 Å². The highest BCUT2D eigenvalue weighted by Crippen LogP contribution is 2.33. The summed E-state index contributed by atoms with van der Waals surface area (Å²) in [6.07, 6.45) is 2.79. The van der Waals surface area contributed by atoms with Crippen molar-refractivity contribution in [1.29, 1.82) is 0 Å². The van der Waals surface area contributed by atoms with Crippen LogP contribution in [-0.2, 0) is 6.54 Å². The standard InChI is InChI=1S/C15H22N2O/c1-16-14(12-6-7-12)11-17-8-9-18-15-5-3-2-4-13(15)10-17/h2-5,12,14,16H,6-11H2,1H3. The van der Waals surface area contributed by atoms with Crippen molar-refractivity contribution in [3.05, 3.63) is 29.8 Å². The summed E-state index contributed by atoms with van der Waals surface area (Å²) in [5.41, 5.74) is 1.32. The molecule has 1 atom stereocenters. The predicted octanol–water partition coefficient (Wildman–Crippen LogP) is 1.88. The molecule has 0 saturated heterocycles. The number of rotatable bonds is 4. The van der Waals surface area contributed by atoms with Gasteiger partial charge in [-0.15, -0.1) is 0 Å². The Morgan fingerprint density at radius 2 is 2.22 bits per heavy atom. The van der Waals surface area contributed by atoms with Gasteiger partial charge in [-0.1, -0.05) is 18.2 Å². The summed E-state index contributed by atoms with van der Waals surface area (Å²) in [7, 11) is 2.09. The third-order valence-electron chi connectivity index (χ3n) is 4.05. The van der Waals surface area contributed by atoms with Crippen LogP contribution in [0.2, 0.25) is 0 Å². The SMILES string of the molecule is CNC(CN1CCOc2ccccc2C1)C1CC1. The first kappa shape index (κ1) is 12.0. The minimum absolute atomic E-state index is 0.648. The van der Waals surface area contributed by atoms with E-state index in [0.717, 1.165) is 37.9 Å². The molecule has 3 heteroatoms. The summed E-state index contributed by atoms with van der Waals surface area (Å²) in [4.78, 5) is 2.52. The van der Waals surface area contributed by atoms with Crippen molar-refractivity contribution in [1.82, 2.24) is 10.2 Å². The quantitative estimate of drug-likeness (QED) is 0.878. The summed E-state index contributed by atoms with van der Waals surface area (Å²) >= 11 is 0. The topological polar surface area (TPSA) is 24.5 Å². The van der Waals surface area contributed by atoms with E-state index in [1.165, 1.54) is 18.4 Å². The Morgan fingerprint density at radius 1 is 1.39 bits per heavy atom. The molecule has 0 bridgehead atoms. The highest BCUT2D eigenvalue weighted by Gasteiger charge is 2.31. The van der Waals surface area contributed by atoms with Crippen LogP contribution in [0.1, 0.15) is 18.4 Å². The van der Waals surface area contributed by atoms with E-state index in [1.807, 2.05) is 0 Å². The van der Waals surface area contributed by atoms with Gasteiger partial charge >= 0.3 is 0 Å². The molecule has 1 aromatic carbocycles. The first-order valence-electron chi connectivity index (χ1n) is 6.97. The zero-order valence-electron chi connectivity index (χ0n) is 11.1. The lowest BCUT2D eigenvalue weighted by atomic mass is 10.1. The minimum Gasteiger partial charge on any atom is -0.492 e. The number of nitrogens with zero attached hydrogens (tertiary/aromatic N) is 1. The van der Waals surface area contributed by atoms with Crippen LogP contribution in [0.4, 0.5) is 0 Å². The highest BCUT2D eigenvalue weighted by atomic mass is 16.5. The zero-order chi connectivity index (χ0) is 12.4. The van der Waals surface area contributed by atoms with E-state index >= 15 is 0 Å². The number of benzene rings is 1. The summed E-state index contributed by atoms with van der Waals surface area (Å²) in [5.74, 6) is 1.96. The number of fused-ring (bicyclic) bond motifs is 1. The molecular weight excluding hydrogens is 224 g/mol. The lowest BCUT2D eigenvalue weighted by Gasteiger charge is -2.25. The molecule has 98 valence electrons. The Morgan fingerprint density at radius 3 is 3.00 bits per heavy atom. The van der Waals surface area contributed by atoms with Gasteiger partial charge in [0.25, 0.3) is 0 Å². The number of ether oxygens (including phenoxy) is 1. The van der Waals surface area contributed by atoms with Crippen LogP contribution in [0, 0.1) is 5.92 Å². The molecule has 1 N–H and O–H groups in total. The average Bonchev–Trinajstić information content (AvgIpc) is 3.22. The van der Waals surface area contributed by atoms with Crippen molar-refractivity contribution in [2.75, 3.05) is 26.7 Å². The van der Waals surface area contributed by atoms with Gasteiger partial charge in [0.2, 0.25) is 0 Å². The zero-order valence-corrected chi connectivity index (χ0v) is 11.1. The average molecular weight is 246 g/mol. The fourth-order valence-electron chi connectivity index (χ4n) is 2.79. The molecule has 0 amide bonds. The smallest absolute Gasteiger partial charge is 0.123 e. The van der Waals surface area contributed by atoms with E-state index in [0.29, 0.717) is 6.04 Å². The maximum absolute atomic E-state index is 5.81. The Balaban J connectivity index is 1.67. The molecule has 1 unspecified atom stereocenters. The molecule has 0 aromatic heterocycles. The van der Waals surface area contributed by atoms with Crippen LogP contribution in [0.3, 0.4) is 0 Å². The van der Waals surface area contributed by atoms with Gasteiger partial charge in [0.15, 0.2) is 0 Å². The van der Waals surface area contributed by atoms with Crippen molar-refractivity contribution in [3.63, 3.8) is 0 Å². The van der Waals surface area contributed by atoms with Gasteiger partial charge in [-0.3, -0.25) is 4.90 Å². The Bertz CT molecular complexity index is 403. The number of likely N-dealkylation sites (N-methyl/N-ethyl adjacent to an activating group) is 1. The molecule has 0 spiro atoms. The normalized spacial score (nSPS) is 21.8. The van der Waals surface area contributed by atoms with Gasteiger partial charge in [-0.05, 0) is 31.9 Å². The summed E-state index contributed by atoms with van der Waals surface area (Å²) in [6, 6.07) is 9.06. The number of hydrogen-bond donors (Lipinski definition) is 1. The van der Waals surface area contributed by atoms with Crippen LogP contribution < -0.4 is 10.1 Å². The van der Waals surface area contributed by atoms with Crippen molar-refractivity contribution in [2.24, 2.45) is 5.92 Å². The second kappa shape index (κ2) is 5.29. The van der Waals surface area contributed by atoms with Gasteiger partial charge in [-0.2, -0.15) is 0 Å². The first-order valence-corrected chi connectivity index (χ1v) is 6.97. The highest BCUT2D eigenvalue weighted by molar-refractivity contribution is 5.33. The molecule has 1 fully saturated rings. The molecule has 1 aliphatic heterocycles. The van der Waals surface area contributed by atoms with Gasteiger partial charge in [0.05, 0.1) is 0 Å². The van der Waals surface area contributed by atoms with E-state index in [-0.39, 0.29) is 0 Å². The number of para-hydroxylation sites is 1. The molecule has 18 heavy (non-hydrogen) atoms. The van der Waals surface area contributed by atoms with E-state index in [4.69, 9.17) is 4.74 Å². The van der Waals surface area contributed by atoms with Gasteiger partial charge in [0.1, 0.15) is 12.4 Å². The van der Waals surface area contributed by atoms with Crippen molar-refractivity contribution >= 4 is 0 Å². The van der Waals surface area contributed by atoms with Crippen molar-refractivity contribution < 1.29 is 4.74 Å².